The SMILES string of the molecule is CC(C)[C@H]1CC2(CCN(C(C)C)CC2)CO[C@@H]1c1cccc(Cl)c1. The third-order valence-electron chi connectivity index (χ3n) is 6.25. The van der Waals surface area contributed by atoms with Crippen molar-refractivity contribution in [1.82, 2.24) is 4.90 Å². The number of hydrogen-bond acceptors (Lipinski definition) is 2. The van der Waals surface area contributed by atoms with Gasteiger partial charge < -0.3 is 9.64 Å². The lowest BCUT2D eigenvalue weighted by Crippen LogP contribution is -2.49. The van der Waals surface area contributed by atoms with Crippen LogP contribution in [-0.4, -0.2) is 30.6 Å². The minimum Gasteiger partial charge on any atom is -0.373 e. The monoisotopic (exact) mass is 349 g/mol. The molecular formula is C21H32ClNO. The van der Waals surface area contributed by atoms with Crippen LogP contribution >= 0.6 is 11.6 Å². The Kier molecular flexibility index (Phi) is 5.58. The molecule has 2 heterocycles. The molecule has 0 saturated carbocycles. The van der Waals surface area contributed by atoms with Gasteiger partial charge in [0.1, 0.15) is 0 Å². The van der Waals surface area contributed by atoms with Crippen LogP contribution in [0.15, 0.2) is 24.3 Å². The summed E-state index contributed by atoms with van der Waals surface area (Å²) in [4.78, 5) is 2.61. The summed E-state index contributed by atoms with van der Waals surface area (Å²) in [6.45, 7) is 12.6. The van der Waals surface area contributed by atoms with Crippen molar-refractivity contribution in [2.75, 3.05) is 19.7 Å². The predicted molar refractivity (Wildman–Crippen MR) is 101 cm³/mol. The number of piperidine rings is 1. The molecule has 24 heavy (non-hydrogen) atoms. The molecule has 134 valence electrons. The lowest BCUT2D eigenvalue weighted by Gasteiger charge is -2.50. The van der Waals surface area contributed by atoms with Gasteiger partial charge in [-0.2, -0.15) is 0 Å². The van der Waals surface area contributed by atoms with E-state index in [0.717, 1.165) is 11.6 Å². The zero-order valence-electron chi connectivity index (χ0n) is 15.6. The van der Waals surface area contributed by atoms with E-state index in [1.165, 1.54) is 37.9 Å². The fourth-order valence-corrected chi connectivity index (χ4v) is 4.73. The smallest absolute Gasteiger partial charge is 0.0856 e. The van der Waals surface area contributed by atoms with E-state index in [0.29, 0.717) is 23.3 Å². The Labute approximate surface area is 152 Å². The molecule has 3 rings (SSSR count). The van der Waals surface area contributed by atoms with E-state index in [1.54, 1.807) is 0 Å². The first-order chi connectivity index (χ1) is 11.4. The highest BCUT2D eigenvalue weighted by atomic mass is 35.5. The summed E-state index contributed by atoms with van der Waals surface area (Å²) in [6, 6.07) is 8.91. The number of halogens is 1. The van der Waals surface area contributed by atoms with Crippen LogP contribution in [0.4, 0.5) is 0 Å². The average Bonchev–Trinajstić information content (AvgIpc) is 2.55. The topological polar surface area (TPSA) is 12.5 Å². The fourth-order valence-electron chi connectivity index (χ4n) is 4.53. The van der Waals surface area contributed by atoms with Crippen LogP contribution in [0.5, 0.6) is 0 Å². The van der Waals surface area contributed by atoms with Crippen molar-refractivity contribution >= 4 is 11.6 Å². The van der Waals surface area contributed by atoms with Crippen LogP contribution in [0.2, 0.25) is 5.02 Å². The summed E-state index contributed by atoms with van der Waals surface area (Å²) in [7, 11) is 0. The molecule has 2 fully saturated rings. The number of nitrogens with zero attached hydrogens (tertiary/aromatic N) is 1. The van der Waals surface area contributed by atoms with Gasteiger partial charge in [-0.05, 0) is 81.1 Å². The summed E-state index contributed by atoms with van der Waals surface area (Å²) in [5.41, 5.74) is 1.63. The lowest BCUT2D eigenvalue weighted by atomic mass is 9.66. The Bertz CT molecular complexity index is 549. The van der Waals surface area contributed by atoms with E-state index in [-0.39, 0.29) is 6.10 Å². The minimum atomic E-state index is 0.192. The maximum Gasteiger partial charge on any atom is 0.0856 e. The van der Waals surface area contributed by atoms with Crippen LogP contribution in [0, 0.1) is 17.3 Å². The highest BCUT2D eigenvalue weighted by Gasteiger charge is 2.44. The van der Waals surface area contributed by atoms with E-state index < -0.39 is 0 Å². The molecule has 2 aliphatic heterocycles. The maximum atomic E-state index is 6.50. The van der Waals surface area contributed by atoms with E-state index in [1.807, 2.05) is 12.1 Å². The van der Waals surface area contributed by atoms with Gasteiger partial charge in [0.05, 0.1) is 12.7 Å². The summed E-state index contributed by atoms with van der Waals surface area (Å²) >= 11 is 6.22. The standard InChI is InChI=1S/C21H32ClNO/c1-15(2)19-13-21(8-10-23(11-9-21)16(3)4)14-24-20(19)17-6-5-7-18(22)12-17/h5-7,12,15-16,19-20H,8-11,13-14H2,1-4H3/t19-,20-/m1/s1. The molecule has 0 aliphatic carbocycles. The molecule has 2 aliphatic rings. The number of likely N-dealkylation sites (tertiary alicyclic amines) is 1. The fraction of sp³-hybridized carbons (Fsp3) is 0.714. The Morgan fingerprint density at radius 2 is 1.88 bits per heavy atom. The van der Waals surface area contributed by atoms with Crippen molar-refractivity contribution in [1.29, 1.82) is 0 Å². The van der Waals surface area contributed by atoms with Crippen molar-refractivity contribution < 1.29 is 4.74 Å². The Morgan fingerprint density at radius 3 is 2.46 bits per heavy atom. The van der Waals surface area contributed by atoms with Gasteiger partial charge in [-0.3, -0.25) is 0 Å². The zero-order valence-corrected chi connectivity index (χ0v) is 16.4. The zero-order chi connectivity index (χ0) is 17.3. The summed E-state index contributed by atoms with van der Waals surface area (Å²) in [5, 5.41) is 0.809. The number of hydrogen-bond donors (Lipinski definition) is 0. The second-order valence-corrected chi connectivity index (χ2v) is 8.96. The molecule has 1 aromatic rings. The molecule has 1 aromatic carbocycles. The highest BCUT2D eigenvalue weighted by Crippen LogP contribution is 2.49. The molecule has 2 nitrogen and oxygen atoms in total. The van der Waals surface area contributed by atoms with Gasteiger partial charge >= 0.3 is 0 Å². The number of benzene rings is 1. The van der Waals surface area contributed by atoms with Gasteiger partial charge in [0.15, 0.2) is 0 Å². The van der Waals surface area contributed by atoms with Crippen LogP contribution in [0.3, 0.4) is 0 Å². The Balaban J connectivity index is 1.75. The highest BCUT2D eigenvalue weighted by molar-refractivity contribution is 6.30. The van der Waals surface area contributed by atoms with Gasteiger partial charge in [-0.25, -0.2) is 0 Å². The quantitative estimate of drug-likeness (QED) is 0.707. The second-order valence-electron chi connectivity index (χ2n) is 8.53. The largest absolute Gasteiger partial charge is 0.373 e. The van der Waals surface area contributed by atoms with Gasteiger partial charge in [-0.1, -0.05) is 37.6 Å². The molecule has 0 aromatic heterocycles. The Morgan fingerprint density at radius 1 is 1.17 bits per heavy atom. The van der Waals surface area contributed by atoms with Gasteiger partial charge in [0.25, 0.3) is 0 Å². The lowest BCUT2D eigenvalue weighted by molar-refractivity contribution is -0.132. The normalized spacial score (nSPS) is 28.0. The molecule has 0 amide bonds. The third kappa shape index (κ3) is 3.81. The number of rotatable bonds is 3. The molecule has 2 atom stereocenters. The summed E-state index contributed by atoms with van der Waals surface area (Å²) in [6.07, 6.45) is 4.03. The molecule has 1 spiro atoms. The van der Waals surface area contributed by atoms with Crippen molar-refractivity contribution in [3.8, 4) is 0 Å². The molecular weight excluding hydrogens is 318 g/mol. The molecule has 0 N–H and O–H groups in total. The van der Waals surface area contributed by atoms with Crippen LogP contribution in [0.25, 0.3) is 0 Å². The summed E-state index contributed by atoms with van der Waals surface area (Å²) < 4.78 is 6.50. The first kappa shape index (κ1) is 18.2. The first-order valence-corrected chi connectivity index (χ1v) is 9.89. The molecule has 2 saturated heterocycles. The predicted octanol–water partition coefficient (Wildman–Crippen LogP) is 5.56. The van der Waals surface area contributed by atoms with E-state index >= 15 is 0 Å². The van der Waals surface area contributed by atoms with Crippen LogP contribution in [0.1, 0.15) is 58.6 Å². The van der Waals surface area contributed by atoms with Crippen molar-refractivity contribution in [2.45, 2.75) is 59.1 Å². The van der Waals surface area contributed by atoms with Crippen molar-refractivity contribution in [3.63, 3.8) is 0 Å². The van der Waals surface area contributed by atoms with Crippen LogP contribution in [-0.2, 0) is 4.74 Å². The van der Waals surface area contributed by atoms with E-state index in [4.69, 9.17) is 16.3 Å². The molecule has 0 unspecified atom stereocenters. The number of ether oxygens (including phenoxy) is 1. The molecule has 0 bridgehead atoms. The van der Waals surface area contributed by atoms with E-state index in [9.17, 15) is 0 Å². The minimum absolute atomic E-state index is 0.192. The van der Waals surface area contributed by atoms with Crippen LogP contribution < -0.4 is 0 Å². The molecule has 3 heteroatoms. The second kappa shape index (κ2) is 7.35. The first-order valence-electron chi connectivity index (χ1n) is 9.51. The van der Waals surface area contributed by atoms with Crippen molar-refractivity contribution in [3.05, 3.63) is 34.9 Å². The van der Waals surface area contributed by atoms with E-state index in [2.05, 4.69) is 44.7 Å². The third-order valence-corrected chi connectivity index (χ3v) is 6.48. The summed E-state index contributed by atoms with van der Waals surface area (Å²) in [5.74, 6) is 1.19. The van der Waals surface area contributed by atoms with Gasteiger partial charge in [0.2, 0.25) is 0 Å². The Hall–Kier alpha value is -0.570. The maximum absolute atomic E-state index is 6.50. The molecule has 0 radical (unpaired) electrons. The van der Waals surface area contributed by atoms with Crippen molar-refractivity contribution in [2.24, 2.45) is 17.3 Å². The average molecular weight is 350 g/mol. The van der Waals surface area contributed by atoms with Gasteiger partial charge in [0, 0.05) is 11.1 Å². The van der Waals surface area contributed by atoms with Gasteiger partial charge in [-0.15, -0.1) is 0 Å².